The van der Waals surface area contributed by atoms with E-state index in [2.05, 4.69) is 25.7 Å². The predicted molar refractivity (Wildman–Crippen MR) is 279 cm³/mol. The number of alkyl carbamates (subject to hydrolysis) is 1. The summed E-state index contributed by atoms with van der Waals surface area (Å²) in [5, 5.41) is 19.5. The average molecular weight is 991 g/mol. The molecular formula is C57H62N6O8S. The van der Waals surface area contributed by atoms with E-state index in [-0.39, 0.29) is 49.3 Å². The Kier molecular flexibility index (Phi) is 14.9. The maximum absolute atomic E-state index is 14.6. The van der Waals surface area contributed by atoms with E-state index < -0.39 is 51.2 Å². The summed E-state index contributed by atoms with van der Waals surface area (Å²) in [5.41, 5.74) is 15.0. The molecule has 0 spiro atoms. The zero-order valence-electron chi connectivity index (χ0n) is 41.4. The van der Waals surface area contributed by atoms with E-state index in [9.17, 15) is 27.9 Å². The number of benzene rings is 6. The van der Waals surface area contributed by atoms with Crippen LogP contribution in [0.15, 0.2) is 143 Å². The number of carboxylic acids is 1. The van der Waals surface area contributed by atoms with Crippen molar-refractivity contribution in [1.82, 2.24) is 20.7 Å². The minimum absolute atomic E-state index is 0.0139. The van der Waals surface area contributed by atoms with Crippen molar-refractivity contribution < 1.29 is 37.4 Å². The number of carboxylic acid groups (broad SMARTS) is 1. The molecule has 2 amide bonds. The van der Waals surface area contributed by atoms with E-state index in [1.807, 2.05) is 161 Å². The number of guanidine groups is 1. The van der Waals surface area contributed by atoms with E-state index in [1.165, 1.54) is 0 Å². The molecule has 8 rings (SSSR count). The van der Waals surface area contributed by atoms with Gasteiger partial charge in [-0.05, 0) is 110 Å². The van der Waals surface area contributed by atoms with Gasteiger partial charge in [0.2, 0.25) is 11.9 Å². The van der Waals surface area contributed by atoms with Gasteiger partial charge in [0, 0.05) is 31.0 Å². The number of nitrogens with one attached hydrogen (secondary N) is 4. The molecule has 1 aliphatic carbocycles. The first kappa shape index (κ1) is 50.9. The fourth-order valence-corrected chi connectivity index (χ4v) is 11.7. The third-order valence-electron chi connectivity index (χ3n) is 13.8. The lowest BCUT2D eigenvalue weighted by molar-refractivity contribution is -0.142. The topological polar surface area (TPSA) is 211 Å². The number of fused-ring (bicyclic) bond motifs is 4. The number of rotatable bonds is 18. The van der Waals surface area contributed by atoms with E-state index in [4.69, 9.17) is 15.2 Å². The highest BCUT2D eigenvalue weighted by atomic mass is 32.2. The Hall–Kier alpha value is -7.49. The first-order valence-corrected chi connectivity index (χ1v) is 25.6. The summed E-state index contributed by atoms with van der Waals surface area (Å²) in [7, 11) is -4.17. The summed E-state index contributed by atoms with van der Waals surface area (Å²) in [6.45, 7) is 11.0. The van der Waals surface area contributed by atoms with Gasteiger partial charge in [-0.25, -0.2) is 22.7 Å². The van der Waals surface area contributed by atoms with E-state index in [0.29, 0.717) is 23.3 Å². The summed E-state index contributed by atoms with van der Waals surface area (Å²) in [5.74, 6) is -2.02. The molecule has 14 nitrogen and oxygen atoms in total. The molecule has 0 saturated heterocycles. The normalized spacial score (nSPS) is 14.8. The number of amides is 2. The molecule has 0 radical (unpaired) electrons. The molecular weight excluding hydrogens is 929 g/mol. The number of ether oxygens (including phenoxy) is 2. The Labute approximate surface area is 421 Å². The molecule has 1 heterocycles. The molecule has 6 aromatic rings. The quantitative estimate of drug-likeness (QED) is 0.0211. The second-order valence-corrected chi connectivity index (χ2v) is 20.8. The number of aliphatic carboxylic acids is 1. The number of nitrogens with two attached hydrogens (primary N) is 1. The van der Waals surface area contributed by atoms with Crippen LogP contribution in [0.5, 0.6) is 5.75 Å². The van der Waals surface area contributed by atoms with Crippen LogP contribution in [0.3, 0.4) is 0 Å². The molecule has 0 bridgehead atoms. The summed E-state index contributed by atoms with van der Waals surface area (Å²) >= 11 is 0. The van der Waals surface area contributed by atoms with Crippen molar-refractivity contribution in [3.05, 3.63) is 189 Å². The van der Waals surface area contributed by atoms with Crippen LogP contribution in [0.1, 0.15) is 88.2 Å². The molecule has 0 saturated carbocycles. The average Bonchev–Trinajstić information content (AvgIpc) is 3.87. The van der Waals surface area contributed by atoms with Gasteiger partial charge in [-0.15, -0.1) is 0 Å². The highest BCUT2D eigenvalue weighted by Gasteiger charge is 2.40. The Morgan fingerprint density at radius 2 is 1.32 bits per heavy atom. The fraction of sp³-hybridized carbons (Fsp3) is 0.298. The van der Waals surface area contributed by atoms with E-state index in [1.54, 1.807) is 13.8 Å². The number of hydrogen-bond acceptors (Lipinski definition) is 9. The van der Waals surface area contributed by atoms with Gasteiger partial charge in [-0.1, -0.05) is 139 Å². The van der Waals surface area contributed by atoms with Gasteiger partial charge in [0.15, 0.2) is 0 Å². The zero-order valence-corrected chi connectivity index (χ0v) is 42.2. The van der Waals surface area contributed by atoms with Gasteiger partial charge < -0.3 is 30.9 Å². The molecule has 0 fully saturated rings. The van der Waals surface area contributed by atoms with Gasteiger partial charge >= 0.3 is 12.1 Å². The molecule has 15 heteroatoms. The van der Waals surface area contributed by atoms with Crippen LogP contribution in [0.25, 0.3) is 11.1 Å². The minimum atomic E-state index is -4.17. The van der Waals surface area contributed by atoms with E-state index >= 15 is 0 Å². The highest BCUT2D eigenvalue weighted by Crippen LogP contribution is 2.46. The molecule has 374 valence electrons. The molecule has 2 aliphatic rings. The number of carbonyl (C=O) groups excluding carboxylic acids is 2. The van der Waals surface area contributed by atoms with Crippen LogP contribution < -0.4 is 31.1 Å². The summed E-state index contributed by atoms with van der Waals surface area (Å²) in [6.07, 6.45) is -0.324. The highest BCUT2D eigenvalue weighted by molar-refractivity contribution is 7.90. The number of nitrogens with zero attached hydrogens (tertiary/aromatic N) is 1. The monoisotopic (exact) mass is 990 g/mol. The molecule has 0 unspecified atom stereocenters. The molecule has 7 N–H and O–H groups in total. The van der Waals surface area contributed by atoms with E-state index in [0.717, 1.165) is 55.6 Å². The van der Waals surface area contributed by atoms with Gasteiger partial charge in [0.1, 0.15) is 30.0 Å². The maximum Gasteiger partial charge on any atom is 0.407 e. The molecule has 72 heavy (non-hydrogen) atoms. The van der Waals surface area contributed by atoms with Crippen molar-refractivity contribution in [3.63, 3.8) is 0 Å². The van der Waals surface area contributed by atoms with Gasteiger partial charge in [-0.2, -0.15) is 0 Å². The van der Waals surface area contributed by atoms with Gasteiger partial charge in [0.05, 0.1) is 10.4 Å². The Balaban J connectivity index is 1.01. The van der Waals surface area contributed by atoms with Crippen LogP contribution in [-0.4, -0.2) is 74.8 Å². The van der Waals surface area contributed by atoms with Crippen molar-refractivity contribution in [2.45, 2.75) is 94.8 Å². The van der Waals surface area contributed by atoms with Gasteiger partial charge in [0.25, 0.3) is 10.0 Å². The van der Waals surface area contributed by atoms with Crippen LogP contribution in [0, 0.1) is 27.7 Å². The zero-order chi connectivity index (χ0) is 51.4. The predicted octanol–water partition coefficient (Wildman–Crippen LogP) is 8.07. The lowest BCUT2D eigenvalue weighted by Gasteiger charge is -2.38. The largest absolute Gasteiger partial charge is 0.487 e. The van der Waals surface area contributed by atoms with Crippen LogP contribution in [0.2, 0.25) is 0 Å². The summed E-state index contributed by atoms with van der Waals surface area (Å²) < 4.78 is 42.0. The van der Waals surface area contributed by atoms with Gasteiger partial charge in [-0.3, -0.25) is 15.1 Å². The molecule has 6 aromatic carbocycles. The number of aryl methyl sites for hydroxylation is 1. The number of aliphatic imine (C=N–C) groups is 1. The second kappa shape index (κ2) is 21.1. The lowest BCUT2D eigenvalue weighted by Crippen LogP contribution is -2.58. The third kappa shape index (κ3) is 10.6. The first-order valence-electron chi connectivity index (χ1n) is 24.1. The van der Waals surface area contributed by atoms with Crippen LogP contribution >= 0.6 is 0 Å². The van der Waals surface area contributed by atoms with Crippen molar-refractivity contribution >= 4 is 34.0 Å². The number of sulfonamides is 1. The Morgan fingerprint density at radius 1 is 0.764 bits per heavy atom. The van der Waals surface area contributed by atoms with Crippen molar-refractivity contribution in [2.75, 3.05) is 19.7 Å². The SMILES string of the molecule is Cc1ccc(C(NC[C@H](NC(=O)OCC2c3ccccc3-c3ccccc32)C(=O)N[C@@H](CCCN=C(N)NS(=O)(=O)c2c(C)c(C)c3c(c2C)CC(C)(C)O3)C(=O)O)(c2ccccc2)c2ccccc2)cc1. The standard InChI is InChI=1S/C57H62N6O8S/c1-35-27-29-41(30-28-35)57(39-18-9-7-10-19-39,40-20-11-8-12-21-40)60-33-49(62-55(67)70-34-47-44-24-15-13-22-42(44)43-23-14-16-25-45(43)47)52(64)61-48(53(65)66)26-17-31-59-54(58)63-72(68,69)51-37(3)36(2)50-46(38(51)4)32-56(5,6)71-50/h7-16,18-25,27-30,47-49,60H,17,26,31-34H2,1-6H3,(H,61,64)(H,62,67)(H,65,66)(H3,58,59,63)/t48-,49-/m0/s1. The first-order chi connectivity index (χ1) is 34.4. The molecule has 1 aliphatic heterocycles. The Morgan fingerprint density at radius 3 is 1.90 bits per heavy atom. The third-order valence-corrected chi connectivity index (χ3v) is 15.4. The van der Waals surface area contributed by atoms with Crippen molar-refractivity contribution in [2.24, 2.45) is 10.7 Å². The van der Waals surface area contributed by atoms with Crippen molar-refractivity contribution in [3.8, 4) is 16.9 Å². The maximum atomic E-state index is 14.6. The lowest BCUT2D eigenvalue weighted by atomic mass is 9.76. The Bertz CT molecular complexity index is 3040. The van der Waals surface area contributed by atoms with Crippen molar-refractivity contribution in [1.29, 1.82) is 0 Å². The van der Waals surface area contributed by atoms with Crippen LogP contribution in [-0.2, 0) is 36.3 Å². The minimum Gasteiger partial charge on any atom is -0.487 e. The number of hydrogen-bond donors (Lipinski definition) is 6. The molecule has 0 aromatic heterocycles. The summed E-state index contributed by atoms with van der Waals surface area (Å²) in [6, 6.07) is 40.7. The summed E-state index contributed by atoms with van der Waals surface area (Å²) in [4.78, 5) is 45.7. The molecule has 2 atom stereocenters. The number of carbonyl (C=O) groups is 3. The second-order valence-electron chi connectivity index (χ2n) is 19.2. The smallest absolute Gasteiger partial charge is 0.407 e. The fourth-order valence-electron chi connectivity index (χ4n) is 10.1. The van der Waals surface area contributed by atoms with Crippen LogP contribution in [0.4, 0.5) is 4.79 Å².